The van der Waals surface area contributed by atoms with Crippen LogP contribution in [0.5, 0.6) is 5.75 Å². The molecule has 0 radical (unpaired) electrons. The van der Waals surface area contributed by atoms with Crippen LogP contribution in [0.25, 0.3) is 0 Å². The first kappa shape index (κ1) is 20.4. The topological polar surface area (TPSA) is 93.4 Å². The lowest BCUT2D eigenvalue weighted by Gasteiger charge is -2.30. The zero-order valence-electron chi connectivity index (χ0n) is 16.0. The van der Waals surface area contributed by atoms with Crippen molar-refractivity contribution in [1.82, 2.24) is 9.97 Å². The molecular weight excluding hydrogens is 415 g/mol. The number of rotatable bonds is 5. The number of halogens is 3. The summed E-state index contributed by atoms with van der Waals surface area (Å²) in [4.78, 5) is 21.3. The molecule has 3 aromatic rings. The van der Waals surface area contributed by atoms with E-state index in [1.54, 1.807) is 4.90 Å². The van der Waals surface area contributed by atoms with Crippen molar-refractivity contribution in [3.63, 3.8) is 0 Å². The van der Waals surface area contributed by atoms with E-state index in [4.69, 9.17) is 0 Å². The second-order valence-corrected chi connectivity index (χ2v) is 6.73. The summed E-state index contributed by atoms with van der Waals surface area (Å²) in [6.07, 6.45) is -1.92. The lowest BCUT2D eigenvalue weighted by Crippen LogP contribution is -2.26. The maximum absolute atomic E-state index is 12.3. The van der Waals surface area contributed by atoms with Crippen molar-refractivity contribution in [3.05, 3.63) is 70.5 Å². The van der Waals surface area contributed by atoms with Gasteiger partial charge in [0.25, 0.3) is 0 Å². The SMILES string of the molecule is O=[N+]([O-])c1c(Nc2ccc(OC(F)(F)F)cc2)ncnc1N1CCCc2ccccc21. The molecule has 1 aromatic heterocycles. The van der Waals surface area contributed by atoms with Gasteiger partial charge in [-0.15, -0.1) is 13.2 Å². The van der Waals surface area contributed by atoms with E-state index in [1.165, 1.54) is 18.5 Å². The highest BCUT2D eigenvalue weighted by atomic mass is 19.4. The van der Waals surface area contributed by atoms with Crippen LogP contribution in [0, 0.1) is 10.1 Å². The van der Waals surface area contributed by atoms with Gasteiger partial charge in [-0.25, -0.2) is 9.97 Å². The molecule has 160 valence electrons. The zero-order chi connectivity index (χ0) is 22.0. The maximum atomic E-state index is 12.3. The highest BCUT2D eigenvalue weighted by molar-refractivity contribution is 5.79. The van der Waals surface area contributed by atoms with Crippen LogP contribution in [0.15, 0.2) is 54.9 Å². The van der Waals surface area contributed by atoms with Crippen molar-refractivity contribution in [2.45, 2.75) is 19.2 Å². The Bertz CT molecular complexity index is 1110. The molecule has 0 saturated heterocycles. The number of fused-ring (bicyclic) bond motifs is 1. The number of ether oxygens (including phenoxy) is 1. The van der Waals surface area contributed by atoms with Gasteiger partial charge in [-0.05, 0) is 48.7 Å². The molecule has 0 aliphatic carbocycles. The van der Waals surface area contributed by atoms with Gasteiger partial charge in [0.05, 0.1) is 4.92 Å². The van der Waals surface area contributed by atoms with Crippen LogP contribution in [-0.2, 0) is 6.42 Å². The number of aryl methyl sites for hydroxylation is 1. The predicted octanol–water partition coefficient (Wildman–Crippen LogP) is 5.11. The Kier molecular flexibility index (Phi) is 5.32. The van der Waals surface area contributed by atoms with Crippen molar-refractivity contribution in [2.75, 3.05) is 16.8 Å². The summed E-state index contributed by atoms with van der Waals surface area (Å²) in [6.45, 7) is 0.553. The third-order valence-electron chi connectivity index (χ3n) is 4.70. The summed E-state index contributed by atoms with van der Waals surface area (Å²) in [5.74, 6) is -0.324. The van der Waals surface area contributed by atoms with E-state index in [1.807, 2.05) is 24.3 Å². The summed E-state index contributed by atoms with van der Waals surface area (Å²) in [6, 6.07) is 12.4. The first-order valence-electron chi connectivity index (χ1n) is 9.29. The number of hydrogen-bond acceptors (Lipinski definition) is 7. The number of aromatic nitrogens is 2. The van der Waals surface area contributed by atoms with Crippen molar-refractivity contribution >= 4 is 28.7 Å². The van der Waals surface area contributed by atoms with E-state index < -0.39 is 17.0 Å². The molecule has 0 saturated carbocycles. The van der Waals surface area contributed by atoms with Crippen LogP contribution in [0.3, 0.4) is 0 Å². The van der Waals surface area contributed by atoms with Crippen LogP contribution >= 0.6 is 0 Å². The number of nitrogens with zero attached hydrogens (tertiary/aromatic N) is 4. The van der Waals surface area contributed by atoms with Gasteiger partial charge in [0.1, 0.15) is 12.1 Å². The van der Waals surface area contributed by atoms with Crippen LogP contribution in [-0.4, -0.2) is 27.8 Å². The molecule has 0 amide bonds. The quantitative estimate of drug-likeness (QED) is 0.443. The van der Waals surface area contributed by atoms with Crippen molar-refractivity contribution in [2.24, 2.45) is 0 Å². The number of alkyl halides is 3. The van der Waals surface area contributed by atoms with Gasteiger partial charge in [0.15, 0.2) is 0 Å². The Morgan fingerprint density at radius 3 is 2.55 bits per heavy atom. The molecule has 1 aliphatic heterocycles. The normalized spacial score (nSPS) is 13.5. The van der Waals surface area contributed by atoms with Crippen LogP contribution < -0.4 is 15.0 Å². The van der Waals surface area contributed by atoms with E-state index in [0.717, 1.165) is 36.2 Å². The van der Waals surface area contributed by atoms with Gasteiger partial charge in [0.2, 0.25) is 11.6 Å². The predicted molar refractivity (Wildman–Crippen MR) is 107 cm³/mol. The smallest absolute Gasteiger partial charge is 0.406 e. The van der Waals surface area contributed by atoms with Crippen molar-refractivity contribution < 1.29 is 22.8 Å². The van der Waals surface area contributed by atoms with E-state index in [0.29, 0.717) is 12.2 Å². The standard InChI is InChI=1S/C20H16F3N5O3/c21-20(22,23)31-15-9-7-14(8-10-15)26-18-17(28(29)30)19(25-12-24-18)27-11-3-5-13-4-1-2-6-16(13)27/h1-2,4,6-10,12H,3,5,11H2,(H,24,25,26). The molecular formula is C20H16F3N5O3. The molecule has 0 unspecified atom stereocenters. The summed E-state index contributed by atoms with van der Waals surface area (Å²) in [7, 11) is 0. The van der Waals surface area contributed by atoms with Gasteiger partial charge in [0, 0.05) is 17.9 Å². The third kappa shape index (κ3) is 4.49. The average molecular weight is 431 g/mol. The largest absolute Gasteiger partial charge is 0.573 e. The first-order chi connectivity index (χ1) is 14.8. The fraction of sp³-hybridized carbons (Fsp3) is 0.200. The molecule has 2 heterocycles. The second-order valence-electron chi connectivity index (χ2n) is 6.73. The molecule has 1 N–H and O–H groups in total. The van der Waals surface area contributed by atoms with Gasteiger partial charge in [-0.2, -0.15) is 0 Å². The summed E-state index contributed by atoms with van der Waals surface area (Å²) in [5.41, 5.74) is 1.89. The fourth-order valence-electron chi connectivity index (χ4n) is 3.46. The summed E-state index contributed by atoms with van der Waals surface area (Å²) in [5, 5.41) is 14.7. The number of nitro groups is 1. The molecule has 11 heteroatoms. The van der Waals surface area contributed by atoms with E-state index in [2.05, 4.69) is 20.0 Å². The second kappa shape index (κ2) is 8.09. The molecule has 0 fully saturated rings. The van der Waals surface area contributed by atoms with Gasteiger partial charge in [-0.3, -0.25) is 10.1 Å². The minimum atomic E-state index is -4.81. The van der Waals surface area contributed by atoms with Crippen LogP contribution in [0.4, 0.5) is 41.9 Å². The fourth-order valence-corrected chi connectivity index (χ4v) is 3.46. The highest BCUT2D eigenvalue weighted by Crippen LogP contribution is 2.40. The molecule has 0 spiro atoms. The Balaban J connectivity index is 1.67. The minimum Gasteiger partial charge on any atom is -0.406 e. The minimum absolute atomic E-state index is 0.0671. The molecule has 4 rings (SSSR count). The summed E-state index contributed by atoms with van der Waals surface area (Å²) < 4.78 is 40.8. The van der Waals surface area contributed by atoms with Crippen LogP contribution in [0.2, 0.25) is 0 Å². The van der Waals surface area contributed by atoms with Crippen molar-refractivity contribution in [3.8, 4) is 5.75 Å². The van der Waals surface area contributed by atoms with Gasteiger partial charge >= 0.3 is 12.0 Å². The Hall–Kier alpha value is -3.89. The molecule has 2 aromatic carbocycles. The van der Waals surface area contributed by atoms with E-state index in [-0.39, 0.29) is 17.3 Å². The average Bonchev–Trinajstić information content (AvgIpc) is 2.73. The molecule has 0 atom stereocenters. The lowest BCUT2D eigenvalue weighted by molar-refractivity contribution is -0.383. The Labute approximate surface area is 174 Å². The van der Waals surface area contributed by atoms with Gasteiger partial charge < -0.3 is 15.0 Å². The number of benzene rings is 2. The van der Waals surface area contributed by atoms with Gasteiger partial charge in [-0.1, -0.05) is 18.2 Å². The number of para-hydroxylation sites is 1. The van der Waals surface area contributed by atoms with E-state index >= 15 is 0 Å². The highest BCUT2D eigenvalue weighted by Gasteiger charge is 2.32. The summed E-state index contributed by atoms with van der Waals surface area (Å²) >= 11 is 0. The molecule has 0 bridgehead atoms. The van der Waals surface area contributed by atoms with E-state index in [9.17, 15) is 23.3 Å². The third-order valence-corrected chi connectivity index (χ3v) is 4.70. The first-order valence-corrected chi connectivity index (χ1v) is 9.29. The van der Waals surface area contributed by atoms with Crippen molar-refractivity contribution in [1.29, 1.82) is 0 Å². The maximum Gasteiger partial charge on any atom is 0.573 e. The monoisotopic (exact) mass is 431 g/mol. The molecule has 31 heavy (non-hydrogen) atoms. The number of nitrogens with one attached hydrogen (secondary N) is 1. The van der Waals surface area contributed by atoms with Crippen LogP contribution in [0.1, 0.15) is 12.0 Å². The number of hydrogen-bond donors (Lipinski definition) is 1. The lowest BCUT2D eigenvalue weighted by atomic mass is 10.0. The zero-order valence-corrected chi connectivity index (χ0v) is 16.0. The molecule has 8 nitrogen and oxygen atoms in total. The molecule has 1 aliphatic rings. The Morgan fingerprint density at radius 2 is 1.84 bits per heavy atom. The number of anilines is 4. The Morgan fingerprint density at radius 1 is 1.10 bits per heavy atom.